The molecule has 0 saturated heterocycles. The highest BCUT2D eigenvalue weighted by molar-refractivity contribution is 5.69. The van der Waals surface area contributed by atoms with Crippen LogP contribution in [-0.2, 0) is 9.53 Å². The third kappa shape index (κ3) is 15.4. The summed E-state index contributed by atoms with van der Waals surface area (Å²) in [6.45, 7) is 7.21. The Morgan fingerprint density at radius 3 is 2.00 bits per heavy atom. The summed E-state index contributed by atoms with van der Waals surface area (Å²) in [5, 5.41) is 0. The van der Waals surface area contributed by atoms with E-state index in [1.54, 1.807) is 0 Å². The molecule has 0 rings (SSSR count). The first-order chi connectivity index (χ1) is 12.4. The molecule has 0 saturated carbocycles. The molecule has 0 spiro atoms. The zero-order valence-electron chi connectivity index (χ0n) is 18.4. The summed E-state index contributed by atoms with van der Waals surface area (Å²) < 4.78 is 5.37. The van der Waals surface area contributed by atoms with Gasteiger partial charge in [0.25, 0.3) is 0 Å². The Morgan fingerprint density at radius 2 is 1.42 bits per heavy atom. The van der Waals surface area contributed by atoms with Gasteiger partial charge in [0, 0.05) is 12.8 Å². The van der Waals surface area contributed by atoms with Crippen molar-refractivity contribution in [1.82, 2.24) is 0 Å². The zero-order chi connectivity index (χ0) is 19.7. The van der Waals surface area contributed by atoms with Crippen LogP contribution >= 0.6 is 0 Å². The highest BCUT2D eigenvalue weighted by Gasteiger charge is 2.24. The van der Waals surface area contributed by atoms with Gasteiger partial charge in [-0.2, -0.15) is 0 Å². The number of carbonyl (C=O) groups excluding carboxylic acids is 1. The normalized spacial score (nSPS) is 12.2. The van der Waals surface area contributed by atoms with E-state index < -0.39 is 0 Å². The lowest BCUT2D eigenvalue weighted by molar-refractivity contribution is -0.911. The second-order valence-corrected chi connectivity index (χ2v) is 8.48. The highest BCUT2D eigenvalue weighted by atomic mass is 16.5. The van der Waals surface area contributed by atoms with Crippen LogP contribution < -0.4 is 4.90 Å². The summed E-state index contributed by atoms with van der Waals surface area (Å²) in [7, 11) is 4.29. The lowest BCUT2D eigenvalue weighted by Gasteiger charge is -2.28. The topological polar surface area (TPSA) is 30.7 Å². The smallest absolute Gasteiger partial charge is 0.305 e. The van der Waals surface area contributed by atoms with Crippen molar-refractivity contribution < 1.29 is 14.4 Å². The lowest BCUT2D eigenvalue weighted by atomic mass is 10.0. The van der Waals surface area contributed by atoms with Crippen LogP contribution in [0.3, 0.4) is 0 Å². The van der Waals surface area contributed by atoms with Crippen molar-refractivity contribution in [3.05, 3.63) is 12.2 Å². The lowest BCUT2D eigenvalue weighted by Crippen LogP contribution is -3.14. The van der Waals surface area contributed by atoms with Crippen molar-refractivity contribution in [2.75, 3.05) is 20.7 Å². The van der Waals surface area contributed by atoms with Crippen LogP contribution in [0, 0.1) is 0 Å². The van der Waals surface area contributed by atoms with Gasteiger partial charge in [-0.3, -0.25) is 4.79 Å². The van der Waals surface area contributed by atoms with Gasteiger partial charge in [0.2, 0.25) is 0 Å². The Morgan fingerprint density at radius 1 is 0.885 bits per heavy atom. The Bertz CT molecular complexity index is 361. The van der Waals surface area contributed by atoms with E-state index in [-0.39, 0.29) is 11.5 Å². The first-order valence-corrected chi connectivity index (χ1v) is 11.0. The fourth-order valence-electron chi connectivity index (χ4n) is 2.73. The molecule has 3 nitrogen and oxygen atoms in total. The molecule has 0 atom stereocenters. The number of ether oxygens (including phenoxy) is 1. The molecule has 0 aliphatic rings. The van der Waals surface area contributed by atoms with Gasteiger partial charge in [-0.15, -0.1) is 0 Å². The Kier molecular flexibility index (Phi) is 15.8. The molecule has 26 heavy (non-hydrogen) atoms. The van der Waals surface area contributed by atoms with E-state index in [9.17, 15) is 4.79 Å². The molecule has 0 heterocycles. The van der Waals surface area contributed by atoms with E-state index >= 15 is 0 Å². The molecule has 0 aromatic carbocycles. The Balaban J connectivity index is 3.39. The summed E-state index contributed by atoms with van der Waals surface area (Å²) in [6.07, 6.45) is 19.9. The number of nitrogens with one attached hydrogen (secondary N) is 1. The summed E-state index contributed by atoms with van der Waals surface area (Å²) in [5.74, 6) is -0.0273. The molecule has 3 heteroatoms. The van der Waals surface area contributed by atoms with Crippen molar-refractivity contribution in [2.45, 2.75) is 110 Å². The van der Waals surface area contributed by atoms with E-state index in [4.69, 9.17) is 4.74 Å². The minimum absolute atomic E-state index is 0.0273. The number of esters is 1. The van der Waals surface area contributed by atoms with Gasteiger partial charge in [0.1, 0.15) is 0 Å². The predicted octanol–water partition coefficient (Wildman–Crippen LogP) is 5.10. The van der Waals surface area contributed by atoms with Crippen molar-refractivity contribution >= 4 is 5.97 Å². The fourth-order valence-corrected chi connectivity index (χ4v) is 2.73. The van der Waals surface area contributed by atoms with Gasteiger partial charge >= 0.3 is 5.97 Å². The minimum atomic E-state index is -0.0273. The number of quaternary nitrogens is 1. The molecule has 1 N–H and O–H groups in total. The minimum Gasteiger partial charge on any atom is -0.465 e. The predicted molar refractivity (Wildman–Crippen MR) is 113 cm³/mol. The molecule has 0 amide bonds. The summed E-state index contributed by atoms with van der Waals surface area (Å²) in [5.41, 5.74) is 0.157. The van der Waals surface area contributed by atoms with Crippen LogP contribution in [-0.4, -0.2) is 32.2 Å². The number of rotatable bonds is 17. The molecule has 0 unspecified atom stereocenters. The first kappa shape index (κ1) is 25.2. The standard InChI is InChI=1S/C23H45NO2/c1-6-7-8-9-10-11-12-13-14-15-16-17-18-19-22(25)26-21-20-23(2,3)24(4)5/h11-12H,6-10,13-21H2,1-5H3/p+1/b12-11+. The van der Waals surface area contributed by atoms with E-state index in [1.165, 1.54) is 62.7 Å². The number of carbonyl (C=O) groups is 1. The summed E-state index contributed by atoms with van der Waals surface area (Å²) in [4.78, 5) is 13.2. The maximum atomic E-state index is 11.8. The molecule has 0 aromatic heterocycles. The largest absolute Gasteiger partial charge is 0.465 e. The highest BCUT2D eigenvalue weighted by Crippen LogP contribution is 2.10. The molecular formula is C23H46NO2+. The van der Waals surface area contributed by atoms with E-state index in [0.29, 0.717) is 13.0 Å². The monoisotopic (exact) mass is 368 g/mol. The van der Waals surface area contributed by atoms with Crippen LogP contribution in [0.25, 0.3) is 0 Å². The number of hydrogen-bond donors (Lipinski definition) is 1. The van der Waals surface area contributed by atoms with Gasteiger partial charge in [-0.05, 0) is 46.0 Å². The Labute approximate surface area is 163 Å². The van der Waals surface area contributed by atoms with Gasteiger partial charge < -0.3 is 9.64 Å². The average Bonchev–Trinajstić information content (AvgIpc) is 2.58. The van der Waals surface area contributed by atoms with Gasteiger partial charge in [-0.25, -0.2) is 0 Å². The van der Waals surface area contributed by atoms with Gasteiger partial charge in [0.15, 0.2) is 0 Å². The summed E-state index contributed by atoms with van der Waals surface area (Å²) in [6, 6.07) is 0. The molecule has 0 bridgehead atoms. The third-order valence-electron chi connectivity index (χ3n) is 5.49. The van der Waals surface area contributed by atoms with E-state index in [2.05, 4.69) is 47.0 Å². The van der Waals surface area contributed by atoms with E-state index in [0.717, 1.165) is 19.3 Å². The van der Waals surface area contributed by atoms with Crippen molar-refractivity contribution in [3.8, 4) is 0 Å². The molecule has 0 fully saturated rings. The number of unbranched alkanes of at least 4 members (excludes halogenated alkanes) is 9. The van der Waals surface area contributed by atoms with Crippen molar-refractivity contribution in [1.29, 1.82) is 0 Å². The summed E-state index contributed by atoms with van der Waals surface area (Å²) >= 11 is 0. The molecule has 0 aromatic rings. The zero-order valence-corrected chi connectivity index (χ0v) is 18.4. The maximum absolute atomic E-state index is 11.8. The van der Waals surface area contributed by atoms with Gasteiger partial charge in [-0.1, -0.05) is 57.6 Å². The fraction of sp³-hybridized carbons (Fsp3) is 0.870. The van der Waals surface area contributed by atoms with Crippen LogP contribution in [0.15, 0.2) is 12.2 Å². The quantitative estimate of drug-likeness (QED) is 0.220. The average molecular weight is 369 g/mol. The second-order valence-electron chi connectivity index (χ2n) is 8.48. The molecule has 0 aliphatic carbocycles. The molecule has 154 valence electrons. The van der Waals surface area contributed by atoms with Crippen LogP contribution in [0.2, 0.25) is 0 Å². The van der Waals surface area contributed by atoms with E-state index in [1.807, 2.05) is 0 Å². The Hall–Kier alpha value is -0.830. The maximum Gasteiger partial charge on any atom is 0.305 e. The SMILES string of the molecule is CCCCCC/C=C/CCCCCCCC(=O)OCCC(C)(C)[NH+](C)C. The molecule has 0 radical (unpaired) electrons. The van der Waals surface area contributed by atoms with Gasteiger partial charge in [0.05, 0.1) is 26.2 Å². The van der Waals surface area contributed by atoms with Crippen molar-refractivity contribution in [2.24, 2.45) is 0 Å². The van der Waals surface area contributed by atoms with Crippen molar-refractivity contribution in [3.63, 3.8) is 0 Å². The molecular weight excluding hydrogens is 322 g/mol. The first-order valence-electron chi connectivity index (χ1n) is 11.0. The number of hydrogen-bond acceptors (Lipinski definition) is 2. The van der Waals surface area contributed by atoms with Crippen LogP contribution in [0.4, 0.5) is 0 Å². The number of allylic oxidation sites excluding steroid dienone is 2. The third-order valence-corrected chi connectivity index (χ3v) is 5.49. The molecule has 0 aliphatic heterocycles. The second kappa shape index (κ2) is 16.4. The van der Waals surface area contributed by atoms with Crippen LogP contribution in [0.5, 0.6) is 0 Å². The van der Waals surface area contributed by atoms with Crippen LogP contribution in [0.1, 0.15) is 104 Å².